The molecule has 1 aliphatic rings. The lowest BCUT2D eigenvalue weighted by Gasteiger charge is -2.09. The quantitative estimate of drug-likeness (QED) is 0.662. The minimum absolute atomic E-state index is 0.159. The van der Waals surface area contributed by atoms with E-state index in [0.717, 1.165) is 22.4 Å². The maximum Gasteiger partial charge on any atom is 0.261 e. The van der Waals surface area contributed by atoms with Crippen molar-refractivity contribution in [2.75, 3.05) is 6.54 Å². The van der Waals surface area contributed by atoms with Crippen LogP contribution < -0.4 is 11.1 Å². The third-order valence-corrected chi connectivity index (χ3v) is 5.37. The molecule has 3 rings (SSSR count). The van der Waals surface area contributed by atoms with Crippen molar-refractivity contribution in [2.45, 2.75) is 12.5 Å². The van der Waals surface area contributed by atoms with Gasteiger partial charge in [0.25, 0.3) is 5.91 Å². The zero-order valence-electron chi connectivity index (χ0n) is 15.1. The Bertz CT molecular complexity index is 945. The van der Waals surface area contributed by atoms with Gasteiger partial charge in [0.2, 0.25) is 0 Å². The molecule has 7 heteroatoms. The van der Waals surface area contributed by atoms with Gasteiger partial charge in [-0.05, 0) is 41.1 Å². The van der Waals surface area contributed by atoms with Gasteiger partial charge in [-0.1, -0.05) is 59.8 Å². The van der Waals surface area contributed by atoms with Crippen LogP contribution in [0.5, 0.6) is 0 Å². The monoisotopic (exact) mass is 413 g/mol. The predicted octanol–water partition coefficient (Wildman–Crippen LogP) is 4.37. The fraction of sp³-hybridized carbons (Fsp3) is 0.143. The summed E-state index contributed by atoms with van der Waals surface area (Å²) >= 11 is 7.11. The van der Waals surface area contributed by atoms with Crippen molar-refractivity contribution >= 4 is 40.1 Å². The van der Waals surface area contributed by atoms with E-state index in [0.29, 0.717) is 22.2 Å². The average Bonchev–Trinajstić information content (AvgIpc) is 3.35. The summed E-state index contributed by atoms with van der Waals surface area (Å²) in [4.78, 5) is 18.1. The number of benzene rings is 1. The maximum absolute atomic E-state index is 12.1. The summed E-state index contributed by atoms with van der Waals surface area (Å²) in [6.07, 6.45) is 7.39. The molecular weight excluding hydrogens is 394 g/mol. The molecule has 0 spiro atoms. The Labute approximate surface area is 172 Å². The second-order valence-electron chi connectivity index (χ2n) is 6.08. The number of halogens is 1. The number of thiophene rings is 1. The zero-order chi connectivity index (χ0) is 19.9. The highest BCUT2D eigenvalue weighted by molar-refractivity contribution is 7.17. The number of carbonyl (C=O) groups excluding carboxylic acids is 1. The molecule has 144 valence electrons. The Hall–Kier alpha value is -2.83. The third kappa shape index (κ3) is 4.91. The highest BCUT2D eigenvalue weighted by Gasteiger charge is 2.23. The molecule has 1 aromatic heterocycles. The van der Waals surface area contributed by atoms with E-state index in [1.165, 1.54) is 17.5 Å². The molecule has 1 aromatic carbocycles. The summed E-state index contributed by atoms with van der Waals surface area (Å²) < 4.78 is 0.587. The average molecular weight is 414 g/mol. The molecule has 0 aliphatic carbocycles. The lowest BCUT2D eigenvalue weighted by atomic mass is 9.99. The van der Waals surface area contributed by atoms with E-state index < -0.39 is 0 Å². The lowest BCUT2D eigenvalue weighted by molar-refractivity contribution is 0.0755. The first-order chi connectivity index (χ1) is 13.6. The first-order valence-electron chi connectivity index (χ1n) is 8.68. The molecule has 0 radical (unpaired) electrons. The number of oxime groups is 1. The van der Waals surface area contributed by atoms with Crippen LogP contribution in [-0.4, -0.2) is 24.3 Å². The number of amides is 1. The predicted molar refractivity (Wildman–Crippen MR) is 116 cm³/mol. The van der Waals surface area contributed by atoms with Crippen molar-refractivity contribution in [3.63, 3.8) is 0 Å². The fourth-order valence-corrected chi connectivity index (χ4v) is 3.73. The minimum atomic E-state index is -0.189. The summed E-state index contributed by atoms with van der Waals surface area (Å²) in [5, 5.41) is 7.03. The van der Waals surface area contributed by atoms with Gasteiger partial charge in [-0.15, -0.1) is 11.3 Å². The molecule has 1 amide bonds. The maximum atomic E-state index is 12.1. The van der Waals surface area contributed by atoms with Gasteiger partial charge in [-0.2, -0.15) is 0 Å². The number of carbonyl (C=O) groups is 1. The molecule has 0 fully saturated rings. The van der Waals surface area contributed by atoms with Crippen LogP contribution in [-0.2, 0) is 4.84 Å². The molecule has 28 heavy (non-hydrogen) atoms. The van der Waals surface area contributed by atoms with E-state index >= 15 is 0 Å². The van der Waals surface area contributed by atoms with Crippen molar-refractivity contribution in [1.29, 1.82) is 0 Å². The van der Waals surface area contributed by atoms with Gasteiger partial charge in [0.15, 0.2) is 0 Å². The van der Waals surface area contributed by atoms with Gasteiger partial charge in [-0.3, -0.25) is 4.79 Å². The Morgan fingerprint density at radius 1 is 1.36 bits per heavy atom. The SMILES string of the molecule is C=C/C=C(\C=C/N)c1ccc(C2=NOC(CNC(=O)c3ccc(Cl)s3)C2)cc1. The van der Waals surface area contributed by atoms with Gasteiger partial charge >= 0.3 is 0 Å². The van der Waals surface area contributed by atoms with Crippen LogP contribution in [0.15, 0.2) is 72.6 Å². The molecule has 1 atom stereocenters. The second-order valence-corrected chi connectivity index (χ2v) is 7.79. The van der Waals surface area contributed by atoms with E-state index in [9.17, 15) is 4.79 Å². The van der Waals surface area contributed by atoms with Gasteiger partial charge in [0.05, 0.1) is 21.5 Å². The Morgan fingerprint density at radius 3 is 2.79 bits per heavy atom. The Balaban J connectivity index is 1.57. The normalized spacial score (nSPS) is 16.7. The highest BCUT2D eigenvalue weighted by Crippen LogP contribution is 2.22. The lowest BCUT2D eigenvalue weighted by Crippen LogP contribution is -2.31. The molecule has 3 N–H and O–H groups in total. The number of nitrogens with zero attached hydrogens (tertiary/aromatic N) is 1. The number of nitrogens with one attached hydrogen (secondary N) is 1. The third-order valence-electron chi connectivity index (χ3n) is 4.14. The van der Waals surface area contributed by atoms with Crippen LogP contribution >= 0.6 is 22.9 Å². The molecule has 0 saturated carbocycles. The fourth-order valence-electron chi connectivity index (χ4n) is 2.77. The van der Waals surface area contributed by atoms with Crippen LogP contribution in [0.25, 0.3) is 5.57 Å². The van der Waals surface area contributed by atoms with Crippen molar-refractivity contribution in [1.82, 2.24) is 5.32 Å². The number of allylic oxidation sites excluding steroid dienone is 4. The standard InChI is InChI=1S/C21H20ClN3O2S/c1-2-3-14(10-11-23)15-4-6-16(7-5-15)18-12-17(27-25-18)13-24-21(26)19-8-9-20(22)28-19/h2-11,17H,1,12-13,23H2,(H,24,26)/b11-10-,14-3+. The molecular formula is C21H20ClN3O2S. The summed E-state index contributed by atoms with van der Waals surface area (Å²) in [5.74, 6) is -0.159. The number of hydrogen-bond donors (Lipinski definition) is 2. The van der Waals surface area contributed by atoms with Crippen LogP contribution in [0.3, 0.4) is 0 Å². The number of hydrogen-bond acceptors (Lipinski definition) is 5. The molecule has 2 aromatic rings. The Morgan fingerprint density at radius 2 is 2.14 bits per heavy atom. The van der Waals surface area contributed by atoms with Crippen LogP contribution in [0, 0.1) is 0 Å². The van der Waals surface area contributed by atoms with Gasteiger partial charge < -0.3 is 15.9 Å². The van der Waals surface area contributed by atoms with Crippen molar-refractivity contribution in [3.8, 4) is 0 Å². The van der Waals surface area contributed by atoms with Crippen LogP contribution in [0.4, 0.5) is 0 Å². The van der Waals surface area contributed by atoms with E-state index in [1.54, 1.807) is 18.2 Å². The van der Waals surface area contributed by atoms with Crippen molar-refractivity contribution < 1.29 is 9.63 Å². The minimum Gasteiger partial charge on any atom is -0.405 e. The van der Waals surface area contributed by atoms with E-state index in [-0.39, 0.29) is 12.0 Å². The molecule has 1 aliphatic heterocycles. The van der Waals surface area contributed by atoms with Gasteiger partial charge in [0.1, 0.15) is 6.10 Å². The Kier molecular flexibility index (Phi) is 6.68. The molecule has 0 bridgehead atoms. The summed E-state index contributed by atoms with van der Waals surface area (Å²) in [5.41, 5.74) is 9.35. The van der Waals surface area contributed by atoms with E-state index in [4.69, 9.17) is 22.2 Å². The summed E-state index contributed by atoms with van der Waals surface area (Å²) in [6.45, 7) is 4.11. The molecule has 1 unspecified atom stereocenters. The van der Waals surface area contributed by atoms with Crippen LogP contribution in [0.2, 0.25) is 4.34 Å². The second kappa shape index (κ2) is 9.39. The van der Waals surface area contributed by atoms with Gasteiger partial charge in [0, 0.05) is 6.42 Å². The zero-order valence-corrected chi connectivity index (χ0v) is 16.7. The van der Waals surface area contributed by atoms with Gasteiger partial charge in [-0.25, -0.2) is 0 Å². The first kappa shape index (κ1) is 19.9. The number of rotatable bonds is 7. The molecule has 0 saturated heterocycles. The topological polar surface area (TPSA) is 76.7 Å². The largest absolute Gasteiger partial charge is 0.405 e. The number of nitrogens with two attached hydrogens (primary N) is 1. The van der Waals surface area contributed by atoms with E-state index in [2.05, 4.69) is 17.1 Å². The smallest absolute Gasteiger partial charge is 0.261 e. The highest BCUT2D eigenvalue weighted by atomic mass is 35.5. The molecule has 2 heterocycles. The first-order valence-corrected chi connectivity index (χ1v) is 9.88. The van der Waals surface area contributed by atoms with E-state index in [1.807, 2.05) is 36.4 Å². The van der Waals surface area contributed by atoms with Crippen LogP contribution in [0.1, 0.15) is 27.2 Å². The van der Waals surface area contributed by atoms with Crippen molar-refractivity contribution in [3.05, 3.63) is 87.7 Å². The molecule has 5 nitrogen and oxygen atoms in total. The summed E-state index contributed by atoms with van der Waals surface area (Å²) in [6, 6.07) is 11.4. The van der Waals surface area contributed by atoms with Crippen molar-refractivity contribution in [2.24, 2.45) is 10.9 Å². The summed E-state index contributed by atoms with van der Waals surface area (Å²) in [7, 11) is 0.